The van der Waals surface area contributed by atoms with E-state index in [1.807, 2.05) is 6.92 Å². The molecular formula is C10H18ClNO2. The summed E-state index contributed by atoms with van der Waals surface area (Å²) in [6.07, 6.45) is 0. The molecule has 4 heteroatoms. The molecule has 0 bridgehead atoms. The molecule has 2 rings (SSSR count). The van der Waals surface area contributed by atoms with Crippen LogP contribution in [-0.4, -0.2) is 25.2 Å². The van der Waals surface area contributed by atoms with Crippen molar-refractivity contribution in [1.29, 1.82) is 0 Å². The first-order valence-corrected chi connectivity index (χ1v) is 4.99. The Morgan fingerprint density at radius 1 is 1.57 bits per heavy atom. The summed E-state index contributed by atoms with van der Waals surface area (Å²) in [5.74, 6) is 1.12. The van der Waals surface area contributed by atoms with Crippen molar-refractivity contribution >= 4 is 18.4 Å². The van der Waals surface area contributed by atoms with Crippen LogP contribution in [0.2, 0.25) is 0 Å². The zero-order valence-electron chi connectivity index (χ0n) is 8.87. The predicted molar refractivity (Wildman–Crippen MR) is 56.4 cm³/mol. The van der Waals surface area contributed by atoms with Gasteiger partial charge in [0, 0.05) is 0 Å². The topological polar surface area (TPSA) is 38.3 Å². The maximum absolute atomic E-state index is 11.5. The number of fused-ring (bicyclic) bond motifs is 1. The number of rotatable bonds is 2. The molecule has 2 fully saturated rings. The quantitative estimate of drug-likeness (QED) is 0.710. The van der Waals surface area contributed by atoms with E-state index in [-0.39, 0.29) is 24.4 Å². The molecule has 14 heavy (non-hydrogen) atoms. The van der Waals surface area contributed by atoms with Gasteiger partial charge < -0.3 is 10.1 Å². The van der Waals surface area contributed by atoms with Crippen molar-refractivity contribution in [1.82, 2.24) is 5.32 Å². The number of hydrogen-bond donors (Lipinski definition) is 1. The van der Waals surface area contributed by atoms with Crippen molar-refractivity contribution in [3.8, 4) is 0 Å². The van der Waals surface area contributed by atoms with Gasteiger partial charge in [-0.05, 0) is 30.7 Å². The highest BCUT2D eigenvalue weighted by Crippen LogP contribution is 2.62. The molecule has 1 N–H and O–H groups in total. The van der Waals surface area contributed by atoms with Crippen LogP contribution in [0.1, 0.15) is 20.8 Å². The van der Waals surface area contributed by atoms with Crippen LogP contribution in [0, 0.1) is 17.3 Å². The van der Waals surface area contributed by atoms with Gasteiger partial charge in [-0.25, -0.2) is 0 Å². The first-order valence-electron chi connectivity index (χ1n) is 4.99. The Morgan fingerprint density at radius 2 is 2.21 bits per heavy atom. The molecule has 1 aliphatic heterocycles. The molecule has 0 amide bonds. The van der Waals surface area contributed by atoms with E-state index in [4.69, 9.17) is 4.74 Å². The van der Waals surface area contributed by atoms with E-state index >= 15 is 0 Å². The molecule has 0 aromatic heterocycles. The fourth-order valence-electron chi connectivity index (χ4n) is 2.68. The summed E-state index contributed by atoms with van der Waals surface area (Å²) < 4.78 is 5.01. The standard InChI is InChI=1S/C10H17NO2.ClH/c1-4-13-9(12)8-7-6(5-11-8)10(7,2)3;/h6-8,11H,4-5H2,1-3H3;1H. The third-order valence-corrected chi connectivity index (χ3v) is 3.60. The third kappa shape index (κ3) is 1.52. The second-order valence-electron chi connectivity index (χ2n) is 4.59. The fourth-order valence-corrected chi connectivity index (χ4v) is 2.68. The van der Waals surface area contributed by atoms with Crippen LogP contribution >= 0.6 is 12.4 Å². The number of esters is 1. The third-order valence-electron chi connectivity index (χ3n) is 3.60. The lowest BCUT2D eigenvalue weighted by atomic mass is 10.0. The Labute approximate surface area is 91.0 Å². The van der Waals surface area contributed by atoms with Crippen LogP contribution in [0.3, 0.4) is 0 Å². The van der Waals surface area contributed by atoms with Crippen LogP contribution in [0.5, 0.6) is 0 Å². The van der Waals surface area contributed by atoms with Crippen molar-refractivity contribution in [3.05, 3.63) is 0 Å². The second-order valence-corrected chi connectivity index (χ2v) is 4.59. The van der Waals surface area contributed by atoms with Gasteiger partial charge in [-0.2, -0.15) is 0 Å². The first kappa shape index (κ1) is 11.8. The van der Waals surface area contributed by atoms with Crippen LogP contribution < -0.4 is 5.32 Å². The van der Waals surface area contributed by atoms with Gasteiger partial charge in [0.25, 0.3) is 0 Å². The average Bonchev–Trinajstić information content (AvgIpc) is 2.51. The fraction of sp³-hybridized carbons (Fsp3) is 0.900. The highest BCUT2D eigenvalue weighted by atomic mass is 35.5. The van der Waals surface area contributed by atoms with Crippen LogP contribution in [0.15, 0.2) is 0 Å². The molecule has 1 aliphatic carbocycles. The molecule has 0 aromatic carbocycles. The van der Waals surface area contributed by atoms with Crippen LogP contribution in [0.4, 0.5) is 0 Å². The van der Waals surface area contributed by atoms with Crippen molar-refractivity contribution in [2.45, 2.75) is 26.8 Å². The number of ether oxygens (including phenoxy) is 1. The summed E-state index contributed by atoms with van der Waals surface area (Å²) in [6.45, 7) is 7.77. The van der Waals surface area contributed by atoms with E-state index in [9.17, 15) is 4.79 Å². The maximum atomic E-state index is 11.5. The van der Waals surface area contributed by atoms with Crippen LogP contribution in [0.25, 0.3) is 0 Å². The SMILES string of the molecule is CCOC(=O)C1NCC2C1C2(C)C.Cl. The van der Waals surface area contributed by atoms with Crippen molar-refractivity contribution in [2.24, 2.45) is 17.3 Å². The van der Waals surface area contributed by atoms with Gasteiger partial charge in [0.1, 0.15) is 6.04 Å². The molecule has 0 radical (unpaired) electrons. The lowest BCUT2D eigenvalue weighted by Gasteiger charge is -2.16. The largest absolute Gasteiger partial charge is 0.465 e. The number of piperidine rings is 1. The highest BCUT2D eigenvalue weighted by Gasteiger charge is 2.66. The van der Waals surface area contributed by atoms with Gasteiger partial charge >= 0.3 is 5.97 Å². The number of carbonyl (C=O) groups excluding carboxylic acids is 1. The van der Waals surface area contributed by atoms with Gasteiger partial charge in [-0.1, -0.05) is 13.8 Å². The van der Waals surface area contributed by atoms with Gasteiger partial charge in [-0.3, -0.25) is 4.79 Å². The Hall–Kier alpha value is -0.280. The van der Waals surface area contributed by atoms with E-state index in [2.05, 4.69) is 19.2 Å². The van der Waals surface area contributed by atoms with E-state index < -0.39 is 0 Å². The number of halogens is 1. The Morgan fingerprint density at radius 3 is 2.64 bits per heavy atom. The van der Waals surface area contributed by atoms with E-state index in [1.165, 1.54) is 0 Å². The molecule has 0 aromatic rings. The lowest BCUT2D eigenvalue weighted by molar-refractivity contribution is -0.146. The maximum Gasteiger partial charge on any atom is 0.323 e. The zero-order valence-corrected chi connectivity index (χ0v) is 9.69. The molecular weight excluding hydrogens is 202 g/mol. The van der Waals surface area contributed by atoms with E-state index in [0.717, 1.165) is 6.54 Å². The molecule has 82 valence electrons. The molecule has 3 nitrogen and oxygen atoms in total. The number of hydrogen-bond acceptors (Lipinski definition) is 3. The predicted octanol–water partition coefficient (Wildman–Crippen LogP) is 1.22. The van der Waals surface area contributed by atoms with Gasteiger partial charge in [0.05, 0.1) is 6.61 Å². The summed E-state index contributed by atoms with van der Waals surface area (Å²) in [4.78, 5) is 11.5. The molecule has 3 atom stereocenters. The minimum Gasteiger partial charge on any atom is -0.465 e. The zero-order chi connectivity index (χ0) is 9.64. The molecule has 0 spiro atoms. The Kier molecular flexibility index (Phi) is 3.12. The van der Waals surface area contributed by atoms with Crippen molar-refractivity contribution in [2.75, 3.05) is 13.2 Å². The highest BCUT2D eigenvalue weighted by molar-refractivity contribution is 5.85. The van der Waals surface area contributed by atoms with E-state index in [1.54, 1.807) is 0 Å². The first-order chi connectivity index (χ1) is 6.09. The minimum absolute atomic E-state index is 0. The normalized spacial score (nSPS) is 36.9. The van der Waals surface area contributed by atoms with Gasteiger partial charge in [0.15, 0.2) is 0 Å². The second kappa shape index (κ2) is 3.70. The summed E-state index contributed by atoms with van der Waals surface area (Å²) in [5, 5.41) is 3.22. The summed E-state index contributed by atoms with van der Waals surface area (Å²) >= 11 is 0. The van der Waals surface area contributed by atoms with Gasteiger partial charge in [-0.15, -0.1) is 12.4 Å². The number of carbonyl (C=O) groups is 1. The molecule has 1 saturated carbocycles. The average molecular weight is 220 g/mol. The molecule has 3 unspecified atom stereocenters. The van der Waals surface area contributed by atoms with Crippen molar-refractivity contribution < 1.29 is 9.53 Å². The smallest absolute Gasteiger partial charge is 0.323 e. The molecule has 2 aliphatic rings. The minimum atomic E-state index is -0.0689. The summed E-state index contributed by atoms with van der Waals surface area (Å²) in [5.41, 5.74) is 0.350. The summed E-state index contributed by atoms with van der Waals surface area (Å²) in [6, 6.07) is -0.0417. The van der Waals surface area contributed by atoms with Gasteiger partial charge in [0.2, 0.25) is 0 Å². The lowest BCUT2D eigenvalue weighted by Crippen LogP contribution is -2.38. The molecule has 1 heterocycles. The summed E-state index contributed by atoms with van der Waals surface area (Å²) in [7, 11) is 0. The Balaban J connectivity index is 0.000000980. The van der Waals surface area contributed by atoms with E-state index in [0.29, 0.717) is 23.9 Å². The monoisotopic (exact) mass is 219 g/mol. The number of nitrogens with one attached hydrogen (secondary N) is 1. The molecule has 1 saturated heterocycles. The van der Waals surface area contributed by atoms with Crippen LogP contribution in [-0.2, 0) is 9.53 Å². The Bertz CT molecular complexity index is 242. The van der Waals surface area contributed by atoms with Crippen molar-refractivity contribution in [3.63, 3.8) is 0 Å².